The van der Waals surface area contributed by atoms with E-state index in [0.29, 0.717) is 22.7 Å². The normalized spacial score (nSPS) is 22.3. The SMILES string of the molecule is CCN(C(=O)c1ccccc1)[C@H]1C[C@H](C)S(=O)(=O)c2sccc21. The Kier molecular flexibility index (Phi) is 4.29. The molecule has 0 bridgehead atoms. The topological polar surface area (TPSA) is 54.5 Å². The molecular weight excluding hydrogens is 330 g/mol. The van der Waals surface area contributed by atoms with Crippen LogP contribution in [0.25, 0.3) is 0 Å². The molecule has 0 spiro atoms. The van der Waals surface area contributed by atoms with Gasteiger partial charge in [-0.05, 0) is 43.8 Å². The van der Waals surface area contributed by atoms with Crippen molar-refractivity contribution in [2.75, 3.05) is 6.54 Å². The number of nitrogens with zero attached hydrogens (tertiary/aromatic N) is 1. The third kappa shape index (κ3) is 2.70. The summed E-state index contributed by atoms with van der Waals surface area (Å²) in [6.07, 6.45) is 0.443. The molecule has 1 amide bonds. The Labute approximate surface area is 140 Å². The zero-order valence-corrected chi connectivity index (χ0v) is 14.7. The molecule has 0 radical (unpaired) electrons. The maximum Gasteiger partial charge on any atom is 0.254 e. The van der Waals surface area contributed by atoms with Crippen LogP contribution in [0.1, 0.15) is 42.2 Å². The van der Waals surface area contributed by atoms with Crippen molar-refractivity contribution in [2.24, 2.45) is 0 Å². The van der Waals surface area contributed by atoms with Gasteiger partial charge < -0.3 is 4.90 Å². The molecule has 0 saturated carbocycles. The summed E-state index contributed by atoms with van der Waals surface area (Å²) in [5.41, 5.74) is 1.39. The van der Waals surface area contributed by atoms with Crippen LogP contribution in [-0.2, 0) is 9.84 Å². The van der Waals surface area contributed by atoms with Crippen LogP contribution in [0.3, 0.4) is 0 Å². The molecule has 4 nitrogen and oxygen atoms in total. The number of rotatable bonds is 3. The molecule has 6 heteroatoms. The first kappa shape index (κ1) is 16.2. The van der Waals surface area contributed by atoms with Gasteiger partial charge in [-0.25, -0.2) is 8.42 Å². The van der Waals surface area contributed by atoms with E-state index in [-0.39, 0.29) is 11.9 Å². The van der Waals surface area contributed by atoms with Crippen LogP contribution in [-0.4, -0.2) is 31.0 Å². The molecule has 1 aliphatic rings. The van der Waals surface area contributed by atoms with Crippen LogP contribution in [0, 0.1) is 0 Å². The number of hydrogen-bond acceptors (Lipinski definition) is 4. The highest BCUT2D eigenvalue weighted by molar-refractivity contribution is 7.94. The van der Waals surface area contributed by atoms with E-state index in [1.165, 1.54) is 11.3 Å². The van der Waals surface area contributed by atoms with Gasteiger partial charge in [-0.15, -0.1) is 11.3 Å². The van der Waals surface area contributed by atoms with Crippen molar-refractivity contribution < 1.29 is 13.2 Å². The predicted molar refractivity (Wildman–Crippen MR) is 91.5 cm³/mol. The molecule has 1 aliphatic heterocycles. The molecule has 23 heavy (non-hydrogen) atoms. The lowest BCUT2D eigenvalue weighted by molar-refractivity contribution is 0.0673. The molecule has 0 fully saturated rings. The number of hydrogen-bond donors (Lipinski definition) is 0. The highest BCUT2D eigenvalue weighted by atomic mass is 32.2. The first-order valence-corrected chi connectivity index (χ1v) is 10.1. The average Bonchev–Trinajstić information content (AvgIpc) is 3.04. The van der Waals surface area contributed by atoms with Crippen LogP contribution in [0.2, 0.25) is 0 Å². The van der Waals surface area contributed by atoms with Gasteiger partial charge in [0.25, 0.3) is 5.91 Å². The average molecular weight is 349 g/mol. The van der Waals surface area contributed by atoms with Crippen molar-refractivity contribution in [2.45, 2.75) is 35.8 Å². The first-order chi connectivity index (χ1) is 11.0. The van der Waals surface area contributed by atoms with Crippen molar-refractivity contribution in [3.63, 3.8) is 0 Å². The lowest BCUT2D eigenvalue weighted by Crippen LogP contribution is -2.40. The van der Waals surface area contributed by atoms with E-state index in [1.807, 2.05) is 31.2 Å². The van der Waals surface area contributed by atoms with Gasteiger partial charge >= 0.3 is 0 Å². The fourth-order valence-corrected chi connectivity index (χ4v) is 6.29. The minimum atomic E-state index is -3.26. The van der Waals surface area contributed by atoms with E-state index in [1.54, 1.807) is 29.3 Å². The maximum atomic E-state index is 12.9. The molecule has 1 aromatic heterocycles. The van der Waals surface area contributed by atoms with E-state index < -0.39 is 15.1 Å². The zero-order valence-electron chi connectivity index (χ0n) is 13.1. The summed E-state index contributed by atoms with van der Waals surface area (Å²) in [6, 6.07) is 10.8. The third-order valence-corrected chi connectivity index (χ3v) is 8.07. The minimum Gasteiger partial charge on any atom is -0.332 e. The Morgan fingerprint density at radius 2 is 1.96 bits per heavy atom. The molecular formula is C17H19NO3S2. The molecule has 0 unspecified atom stereocenters. The second-order valence-corrected chi connectivity index (χ2v) is 9.21. The van der Waals surface area contributed by atoms with E-state index in [0.717, 1.165) is 5.56 Å². The van der Waals surface area contributed by atoms with Crippen LogP contribution < -0.4 is 0 Å². The molecule has 3 rings (SSSR count). The Morgan fingerprint density at radius 3 is 2.61 bits per heavy atom. The Bertz CT molecular complexity index is 811. The summed E-state index contributed by atoms with van der Waals surface area (Å²) in [6.45, 7) is 4.20. The third-order valence-electron chi connectivity index (χ3n) is 4.36. The summed E-state index contributed by atoms with van der Waals surface area (Å²) in [4.78, 5) is 14.6. The van der Waals surface area contributed by atoms with Gasteiger partial charge in [-0.3, -0.25) is 4.79 Å². The molecule has 0 N–H and O–H groups in total. The molecule has 0 aliphatic carbocycles. The van der Waals surface area contributed by atoms with E-state index in [4.69, 9.17) is 0 Å². The number of fused-ring (bicyclic) bond motifs is 1. The van der Waals surface area contributed by atoms with E-state index >= 15 is 0 Å². The van der Waals surface area contributed by atoms with Crippen molar-refractivity contribution in [3.8, 4) is 0 Å². The number of carbonyl (C=O) groups is 1. The Balaban J connectivity index is 2.02. The van der Waals surface area contributed by atoms with E-state index in [9.17, 15) is 13.2 Å². The van der Waals surface area contributed by atoms with Gasteiger partial charge in [-0.2, -0.15) is 0 Å². The molecule has 0 saturated heterocycles. The smallest absolute Gasteiger partial charge is 0.254 e. The quantitative estimate of drug-likeness (QED) is 0.852. The van der Waals surface area contributed by atoms with Crippen LogP contribution in [0.15, 0.2) is 46.0 Å². The number of thiophene rings is 1. The summed E-state index contributed by atoms with van der Waals surface area (Å²) in [5.74, 6) is -0.0539. The van der Waals surface area contributed by atoms with Crippen LogP contribution in [0.5, 0.6) is 0 Å². The van der Waals surface area contributed by atoms with Gasteiger partial charge in [0.2, 0.25) is 0 Å². The highest BCUT2D eigenvalue weighted by Gasteiger charge is 2.40. The maximum absolute atomic E-state index is 12.9. The standard InChI is InChI=1S/C17H19NO3S2/c1-3-18(16(19)13-7-5-4-6-8-13)15-11-12(2)23(20,21)17-14(15)9-10-22-17/h4-10,12,15H,3,11H2,1-2H3/t12-,15-/m0/s1. The van der Waals surface area contributed by atoms with Crippen LogP contribution in [0.4, 0.5) is 0 Å². The Hall–Kier alpha value is -1.66. The zero-order chi connectivity index (χ0) is 16.6. The predicted octanol–water partition coefficient (Wildman–Crippen LogP) is 3.52. The number of benzene rings is 1. The monoisotopic (exact) mass is 349 g/mol. The van der Waals surface area contributed by atoms with Crippen molar-refractivity contribution in [1.82, 2.24) is 4.90 Å². The summed E-state index contributed by atoms with van der Waals surface area (Å²) in [5, 5.41) is 1.32. The highest BCUT2D eigenvalue weighted by Crippen LogP contribution is 2.42. The fourth-order valence-electron chi connectivity index (χ4n) is 3.08. The molecule has 1 aromatic carbocycles. The van der Waals surface area contributed by atoms with E-state index in [2.05, 4.69) is 0 Å². The first-order valence-electron chi connectivity index (χ1n) is 7.64. The summed E-state index contributed by atoms with van der Waals surface area (Å²) in [7, 11) is -3.26. The van der Waals surface area contributed by atoms with Gasteiger partial charge in [0.1, 0.15) is 4.21 Å². The largest absolute Gasteiger partial charge is 0.332 e. The van der Waals surface area contributed by atoms with Gasteiger partial charge in [-0.1, -0.05) is 18.2 Å². The minimum absolute atomic E-state index is 0.0539. The Morgan fingerprint density at radius 1 is 1.26 bits per heavy atom. The van der Waals surface area contributed by atoms with Crippen molar-refractivity contribution in [1.29, 1.82) is 0 Å². The second-order valence-electron chi connectivity index (χ2n) is 5.73. The van der Waals surface area contributed by atoms with Crippen molar-refractivity contribution >= 4 is 27.1 Å². The molecule has 2 heterocycles. The van der Waals surface area contributed by atoms with Crippen molar-refractivity contribution in [3.05, 3.63) is 52.9 Å². The lowest BCUT2D eigenvalue weighted by Gasteiger charge is -2.36. The summed E-state index contributed by atoms with van der Waals surface area (Å²) >= 11 is 1.25. The van der Waals surface area contributed by atoms with Crippen LogP contribution >= 0.6 is 11.3 Å². The number of amides is 1. The van der Waals surface area contributed by atoms with Gasteiger partial charge in [0.05, 0.1) is 11.3 Å². The lowest BCUT2D eigenvalue weighted by atomic mass is 10.0. The van der Waals surface area contributed by atoms with Gasteiger partial charge in [0, 0.05) is 17.7 Å². The van der Waals surface area contributed by atoms with Gasteiger partial charge in [0.15, 0.2) is 9.84 Å². The fraction of sp³-hybridized carbons (Fsp3) is 0.353. The summed E-state index contributed by atoms with van der Waals surface area (Å²) < 4.78 is 25.4. The molecule has 122 valence electrons. The number of sulfone groups is 1. The molecule has 2 atom stereocenters. The second kappa shape index (κ2) is 6.09. The molecule has 2 aromatic rings. The number of carbonyl (C=O) groups excluding carboxylic acids is 1.